The van der Waals surface area contributed by atoms with Crippen molar-refractivity contribution in [3.63, 3.8) is 0 Å². The van der Waals surface area contributed by atoms with E-state index < -0.39 is 0 Å². The van der Waals surface area contributed by atoms with Gasteiger partial charge in [-0.15, -0.1) is 0 Å². The third-order valence-corrected chi connectivity index (χ3v) is 6.16. The van der Waals surface area contributed by atoms with E-state index in [9.17, 15) is 0 Å². The molecule has 7 nitrogen and oxygen atoms in total. The monoisotopic (exact) mass is 543 g/mol. The van der Waals surface area contributed by atoms with Crippen LogP contribution in [0.15, 0.2) is 97.1 Å². The SMILES string of the molecule is Cc1ccc(-c2ccc(N(c3ccc(OCCOCCO)cc3)c3ccc(OCCOCCO)cc3)cc2)cc1. The van der Waals surface area contributed by atoms with Gasteiger partial charge in [-0.05, 0) is 78.7 Å². The van der Waals surface area contributed by atoms with Crippen LogP contribution in [0.25, 0.3) is 11.1 Å². The zero-order valence-electron chi connectivity index (χ0n) is 22.9. The number of aliphatic hydroxyl groups is 2. The van der Waals surface area contributed by atoms with Crippen LogP contribution in [0.4, 0.5) is 17.1 Å². The summed E-state index contributed by atoms with van der Waals surface area (Å²) in [6, 6.07) is 33.0. The predicted molar refractivity (Wildman–Crippen MR) is 158 cm³/mol. The molecule has 0 amide bonds. The number of hydrogen-bond donors (Lipinski definition) is 2. The smallest absolute Gasteiger partial charge is 0.119 e. The first-order valence-electron chi connectivity index (χ1n) is 13.5. The number of ether oxygens (including phenoxy) is 4. The number of aryl methyl sites for hydroxylation is 1. The molecule has 4 aromatic carbocycles. The van der Waals surface area contributed by atoms with Crippen molar-refractivity contribution < 1.29 is 29.2 Å². The zero-order valence-corrected chi connectivity index (χ0v) is 22.9. The fourth-order valence-corrected chi connectivity index (χ4v) is 4.15. The van der Waals surface area contributed by atoms with Gasteiger partial charge in [-0.1, -0.05) is 42.0 Å². The third-order valence-electron chi connectivity index (χ3n) is 6.16. The summed E-state index contributed by atoms with van der Waals surface area (Å²) in [5.74, 6) is 1.50. The van der Waals surface area contributed by atoms with Gasteiger partial charge in [0, 0.05) is 17.1 Å². The molecule has 0 aromatic heterocycles. The second-order valence-corrected chi connectivity index (χ2v) is 9.10. The molecule has 4 rings (SSSR count). The highest BCUT2D eigenvalue weighted by molar-refractivity contribution is 5.78. The molecule has 0 radical (unpaired) electrons. The largest absolute Gasteiger partial charge is 0.491 e. The topological polar surface area (TPSA) is 80.6 Å². The minimum absolute atomic E-state index is 0.00266. The molecular weight excluding hydrogens is 506 g/mol. The Labute approximate surface area is 236 Å². The van der Waals surface area contributed by atoms with Gasteiger partial charge in [0.15, 0.2) is 0 Å². The molecule has 40 heavy (non-hydrogen) atoms. The predicted octanol–water partition coefficient (Wildman–Crippen LogP) is 5.91. The van der Waals surface area contributed by atoms with Gasteiger partial charge in [0.2, 0.25) is 0 Å². The molecule has 7 heteroatoms. The van der Waals surface area contributed by atoms with Crippen molar-refractivity contribution in [2.24, 2.45) is 0 Å². The minimum atomic E-state index is 0.00266. The summed E-state index contributed by atoms with van der Waals surface area (Å²) in [4.78, 5) is 2.18. The van der Waals surface area contributed by atoms with Crippen LogP contribution in [0.5, 0.6) is 11.5 Å². The lowest BCUT2D eigenvalue weighted by atomic mass is 10.0. The lowest BCUT2D eigenvalue weighted by Crippen LogP contribution is -2.11. The van der Waals surface area contributed by atoms with Crippen molar-refractivity contribution in [1.82, 2.24) is 0 Å². The van der Waals surface area contributed by atoms with Crippen molar-refractivity contribution in [2.45, 2.75) is 6.92 Å². The van der Waals surface area contributed by atoms with E-state index in [1.54, 1.807) is 0 Å². The Bertz CT molecular complexity index is 1200. The highest BCUT2D eigenvalue weighted by Crippen LogP contribution is 2.37. The summed E-state index contributed by atoms with van der Waals surface area (Å²) >= 11 is 0. The van der Waals surface area contributed by atoms with Gasteiger partial charge in [0.1, 0.15) is 24.7 Å². The van der Waals surface area contributed by atoms with Gasteiger partial charge in [0.25, 0.3) is 0 Å². The van der Waals surface area contributed by atoms with Crippen molar-refractivity contribution in [3.05, 3.63) is 103 Å². The van der Waals surface area contributed by atoms with Gasteiger partial charge in [-0.25, -0.2) is 0 Å². The van der Waals surface area contributed by atoms with E-state index in [1.165, 1.54) is 11.1 Å². The fraction of sp³-hybridized carbons (Fsp3) is 0.273. The van der Waals surface area contributed by atoms with E-state index in [4.69, 9.17) is 29.2 Å². The maximum Gasteiger partial charge on any atom is 0.119 e. The Morgan fingerprint density at radius 3 is 1.25 bits per heavy atom. The second kappa shape index (κ2) is 15.6. The van der Waals surface area contributed by atoms with Crippen LogP contribution in [0.3, 0.4) is 0 Å². The summed E-state index contributed by atoms with van der Waals surface area (Å²) in [5, 5.41) is 17.7. The van der Waals surface area contributed by atoms with Gasteiger partial charge in [-0.3, -0.25) is 0 Å². The number of nitrogens with zero attached hydrogens (tertiary/aromatic N) is 1. The highest BCUT2D eigenvalue weighted by atomic mass is 16.5. The van der Waals surface area contributed by atoms with Crippen LogP contribution in [-0.2, 0) is 9.47 Å². The number of anilines is 3. The van der Waals surface area contributed by atoms with E-state index in [-0.39, 0.29) is 13.2 Å². The summed E-state index contributed by atoms with van der Waals surface area (Å²) in [5.41, 5.74) is 6.56. The Balaban J connectivity index is 1.53. The Morgan fingerprint density at radius 1 is 0.475 bits per heavy atom. The van der Waals surface area contributed by atoms with Gasteiger partial charge in [-0.2, -0.15) is 0 Å². The fourth-order valence-electron chi connectivity index (χ4n) is 4.15. The summed E-state index contributed by atoms with van der Waals surface area (Å²) < 4.78 is 22.1. The van der Waals surface area contributed by atoms with Crippen molar-refractivity contribution in [2.75, 3.05) is 57.8 Å². The zero-order chi connectivity index (χ0) is 28.0. The van der Waals surface area contributed by atoms with Crippen LogP contribution >= 0.6 is 0 Å². The van der Waals surface area contributed by atoms with Crippen molar-refractivity contribution in [3.8, 4) is 22.6 Å². The summed E-state index contributed by atoms with van der Waals surface area (Å²) in [6.07, 6.45) is 0. The van der Waals surface area contributed by atoms with Crippen molar-refractivity contribution >= 4 is 17.1 Å². The average molecular weight is 544 g/mol. The van der Waals surface area contributed by atoms with E-state index in [2.05, 4.69) is 60.4 Å². The minimum Gasteiger partial charge on any atom is -0.491 e. The maximum atomic E-state index is 8.83. The highest BCUT2D eigenvalue weighted by Gasteiger charge is 2.13. The number of aliphatic hydroxyl groups excluding tert-OH is 2. The Hall–Kier alpha value is -3.88. The van der Waals surface area contributed by atoms with E-state index in [0.717, 1.165) is 34.1 Å². The molecule has 210 valence electrons. The molecule has 0 aliphatic carbocycles. The Morgan fingerprint density at radius 2 is 0.850 bits per heavy atom. The standard InChI is InChI=1S/C33H37NO6/c1-26-2-4-27(5-3-26)28-6-8-29(9-7-28)34(30-10-14-32(15-11-30)39-24-22-37-20-18-35)31-12-16-33(17-13-31)40-25-23-38-21-19-36/h2-17,35-36H,18-25H2,1H3. The molecule has 0 spiro atoms. The van der Waals surface area contributed by atoms with E-state index in [1.807, 2.05) is 48.5 Å². The lowest BCUT2D eigenvalue weighted by Gasteiger charge is -2.26. The quantitative estimate of drug-likeness (QED) is 0.170. The molecule has 0 saturated carbocycles. The maximum absolute atomic E-state index is 8.83. The molecule has 0 atom stereocenters. The number of rotatable bonds is 16. The summed E-state index contributed by atoms with van der Waals surface area (Å²) in [6.45, 7) is 4.38. The Kier molecular flexibility index (Phi) is 11.4. The molecule has 0 unspecified atom stereocenters. The molecule has 2 N–H and O–H groups in total. The number of hydrogen-bond acceptors (Lipinski definition) is 7. The summed E-state index contributed by atoms with van der Waals surface area (Å²) in [7, 11) is 0. The van der Waals surface area contributed by atoms with E-state index >= 15 is 0 Å². The normalized spacial score (nSPS) is 10.9. The van der Waals surface area contributed by atoms with Gasteiger partial charge < -0.3 is 34.1 Å². The number of benzene rings is 4. The van der Waals surface area contributed by atoms with Crippen molar-refractivity contribution in [1.29, 1.82) is 0 Å². The molecule has 0 heterocycles. The van der Waals surface area contributed by atoms with Crippen LogP contribution < -0.4 is 14.4 Å². The van der Waals surface area contributed by atoms with Crippen LogP contribution in [0.2, 0.25) is 0 Å². The molecule has 0 saturated heterocycles. The van der Waals surface area contributed by atoms with Crippen LogP contribution in [0, 0.1) is 6.92 Å². The average Bonchev–Trinajstić information content (AvgIpc) is 2.99. The van der Waals surface area contributed by atoms with Gasteiger partial charge in [0.05, 0.1) is 39.6 Å². The third kappa shape index (κ3) is 8.56. The molecule has 0 aliphatic heterocycles. The van der Waals surface area contributed by atoms with Gasteiger partial charge >= 0.3 is 0 Å². The molecule has 0 fully saturated rings. The molecule has 0 bridgehead atoms. The lowest BCUT2D eigenvalue weighted by molar-refractivity contribution is 0.0705. The molecular formula is C33H37NO6. The molecule has 0 aliphatic rings. The van der Waals surface area contributed by atoms with Crippen LogP contribution in [-0.4, -0.2) is 63.1 Å². The molecule has 4 aromatic rings. The first kappa shape index (κ1) is 29.1. The second-order valence-electron chi connectivity index (χ2n) is 9.10. The first-order valence-corrected chi connectivity index (χ1v) is 13.5. The van der Waals surface area contributed by atoms with Crippen LogP contribution in [0.1, 0.15) is 5.56 Å². The van der Waals surface area contributed by atoms with E-state index in [0.29, 0.717) is 39.6 Å². The first-order chi connectivity index (χ1) is 19.7.